The third-order valence-corrected chi connectivity index (χ3v) is 2.38. The fraction of sp³-hybridized carbons (Fsp3) is 0.273. The zero-order valence-corrected chi connectivity index (χ0v) is 8.97. The molecule has 0 aliphatic heterocycles. The number of benzene rings is 1. The second kappa shape index (κ2) is 4.40. The maximum absolute atomic E-state index is 13.4. The van der Waals surface area contributed by atoms with Crippen molar-refractivity contribution in [3.63, 3.8) is 0 Å². The molecular weight excluding hydrogens is 207 g/mol. The molecule has 0 aliphatic carbocycles. The molecule has 5 heteroatoms. The second-order valence-electron chi connectivity index (χ2n) is 3.72. The minimum Gasteiger partial charge on any atom is -0.324 e. The van der Waals surface area contributed by atoms with Crippen molar-refractivity contribution in [2.75, 3.05) is 0 Å². The third-order valence-electron chi connectivity index (χ3n) is 2.38. The summed E-state index contributed by atoms with van der Waals surface area (Å²) in [5, 5.41) is 7.72. The summed E-state index contributed by atoms with van der Waals surface area (Å²) in [5.41, 5.74) is 7.19. The molecule has 0 spiro atoms. The van der Waals surface area contributed by atoms with Gasteiger partial charge in [0.1, 0.15) is 5.82 Å². The highest BCUT2D eigenvalue weighted by molar-refractivity contribution is 5.22. The van der Waals surface area contributed by atoms with E-state index in [0.717, 1.165) is 5.69 Å². The van der Waals surface area contributed by atoms with Crippen molar-refractivity contribution in [2.24, 2.45) is 12.8 Å². The van der Waals surface area contributed by atoms with Crippen molar-refractivity contribution in [2.45, 2.75) is 12.5 Å². The van der Waals surface area contributed by atoms with Crippen LogP contribution in [0.3, 0.4) is 0 Å². The van der Waals surface area contributed by atoms with Crippen LogP contribution in [0.15, 0.2) is 30.5 Å². The summed E-state index contributed by atoms with van der Waals surface area (Å²) in [7, 11) is 1.78. The van der Waals surface area contributed by atoms with Crippen LogP contribution in [0.1, 0.15) is 17.3 Å². The van der Waals surface area contributed by atoms with Gasteiger partial charge in [0.05, 0.1) is 5.69 Å². The Balaban J connectivity index is 2.14. The smallest absolute Gasteiger partial charge is 0.127 e. The SMILES string of the molecule is Cn1cc(CC(N)c2ccccc2F)nn1. The quantitative estimate of drug-likeness (QED) is 0.845. The average Bonchev–Trinajstić information content (AvgIpc) is 2.64. The maximum Gasteiger partial charge on any atom is 0.127 e. The lowest BCUT2D eigenvalue weighted by Crippen LogP contribution is -2.15. The number of rotatable bonds is 3. The molecule has 16 heavy (non-hydrogen) atoms. The number of hydrogen-bond donors (Lipinski definition) is 1. The van der Waals surface area contributed by atoms with Crippen LogP contribution in [0.25, 0.3) is 0 Å². The van der Waals surface area contributed by atoms with E-state index in [-0.39, 0.29) is 5.82 Å². The zero-order chi connectivity index (χ0) is 11.5. The molecule has 1 aromatic carbocycles. The van der Waals surface area contributed by atoms with E-state index < -0.39 is 6.04 Å². The number of aryl methyl sites for hydroxylation is 1. The van der Waals surface area contributed by atoms with Gasteiger partial charge in [0.25, 0.3) is 0 Å². The van der Waals surface area contributed by atoms with Crippen molar-refractivity contribution in [3.05, 3.63) is 47.5 Å². The molecule has 0 aliphatic rings. The summed E-state index contributed by atoms with van der Waals surface area (Å²) >= 11 is 0. The number of aromatic nitrogens is 3. The largest absolute Gasteiger partial charge is 0.324 e. The molecule has 4 nitrogen and oxygen atoms in total. The van der Waals surface area contributed by atoms with Gasteiger partial charge in [0.15, 0.2) is 0 Å². The van der Waals surface area contributed by atoms with Crippen molar-refractivity contribution >= 4 is 0 Å². The summed E-state index contributed by atoms with van der Waals surface area (Å²) < 4.78 is 15.0. The van der Waals surface area contributed by atoms with Gasteiger partial charge in [-0.15, -0.1) is 5.10 Å². The van der Waals surface area contributed by atoms with E-state index in [9.17, 15) is 4.39 Å². The van der Waals surface area contributed by atoms with E-state index >= 15 is 0 Å². The van der Waals surface area contributed by atoms with Gasteiger partial charge < -0.3 is 5.73 Å². The number of nitrogens with zero attached hydrogens (tertiary/aromatic N) is 3. The lowest BCUT2D eigenvalue weighted by molar-refractivity contribution is 0.578. The lowest BCUT2D eigenvalue weighted by Gasteiger charge is -2.10. The molecule has 84 valence electrons. The van der Waals surface area contributed by atoms with Crippen LogP contribution in [0, 0.1) is 5.82 Å². The molecule has 2 N–H and O–H groups in total. The first-order chi connectivity index (χ1) is 7.66. The van der Waals surface area contributed by atoms with Crippen LogP contribution in [-0.2, 0) is 13.5 Å². The predicted octanol–water partition coefficient (Wildman–Crippen LogP) is 1.20. The lowest BCUT2D eigenvalue weighted by atomic mass is 10.0. The third kappa shape index (κ3) is 2.25. The molecule has 0 fully saturated rings. The molecule has 2 rings (SSSR count). The average molecular weight is 220 g/mol. The maximum atomic E-state index is 13.4. The number of halogens is 1. The first-order valence-corrected chi connectivity index (χ1v) is 5.02. The zero-order valence-electron chi connectivity index (χ0n) is 8.97. The molecule has 2 aromatic rings. The Morgan fingerprint density at radius 3 is 2.81 bits per heavy atom. The normalized spacial score (nSPS) is 12.7. The van der Waals surface area contributed by atoms with Gasteiger partial charge in [-0.3, -0.25) is 4.68 Å². The molecule has 0 bridgehead atoms. The van der Waals surface area contributed by atoms with Crippen molar-refractivity contribution in [1.29, 1.82) is 0 Å². The Kier molecular flexibility index (Phi) is 2.96. The number of hydrogen-bond acceptors (Lipinski definition) is 3. The standard InChI is InChI=1S/C11H13FN4/c1-16-7-8(14-15-16)6-11(13)9-4-2-3-5-10(9)12/h2-5,7,11H,6,13H2,1H3. The van der Waals surface area contributed by atoms with Gasteiger partial charge in [0.2, 0.25) is 0 Å². The van der Waals surface area contributed by atoms with Crippen molar-refractivity contribution in [3.8, 4) is 0 Å². The topological polar surface area (TPSA) is 56.7 Å². The molecule has 0 radical (unpaired) electrons. The Morgan fingerprint density at radius 1 is 1.44 bits per heavy atom. The van der Waals surface area contributed by atoms with Crippen molar-refractivity contribution < 1.29 is 4.39 Å². The van der Waals surface area contributed by atoms with Crippen molar-refractivity contribution in [1.82, 2.24) is 15.0 Å². The van der Waals surface area contributed by atoms with Crippen LogP contribution in [0.5, 0.6) is 0 Å². The van der Waals surface area contributed by atoms with Gasteiger partial charge in [0, 0.05) is 31.3 Å². The fourth-order valence-corrected chi connectivity index (χ4v) is 1.60. The Bertz CT molecular complexity index is 480. The molecule has 1 heterocycles. The monoisotopic (exact) mass is 220 g/mol. The number of nitrogens with two attached hydrogens (primary N) is 1. The predicted molar refractivity (Wildman–Crippen MR) is 58.0 cm³/mol. The highest BCUT2D eigenvalue weighted by Gasteiger charge is 2.12. The minimum absolute atomic E-state index is 0.279. The molecule has 0 saturated heterocycles. The Hall–Kier alpha value is -1.75. The van der Waals surface area contributed by atoms with E-state index in [1.807, 2.05) is 0 Å². The van der Waals surface area contributed by atoms with Gasteiger partial charge in [-0.2, -0.15) is 0 Å². The summed E-state index contributed by atoms with van der Waals surface area (Å²) in [4.78, 5) is 0. The van der Waals surface area contributed by atoms with E-state index in [1.54, 1.807) is 36.1 Å². The summed E-state index contributed by atoms with van der Waals surface area (Å²) in [6.07, 6.45) is 2.26. The highest BCUT2D eigenvalue weighted by atomic mass is 19.1. The first kappa shape index (κ1) is 10.8. The summed E-state index contributed by atoms with van der Waals surface area (Å²) in [5.74, 6) is -0.279. The molecule has 0 amide bonds. The molecule has 1 unspecified atom stereocenters. The minimum atomic E-state index is -0.391. The van der Waals surface area contributed by atoms with Gasteiger partial charge in [-0.1, -0.05) is 23.4 Å². The van der Waals surface area contributed by atoms with E-state index in [1.165, 1.54) is 6.07 Å². The van der Waals surface area contributed by atoms with Crippen LogP contribution in [-0.4, -0.2) is 15.0 Å². The Labute approximate surface area is 92.9 Å². The summed E-state index contributed by atoms with van der Waals surface area (Å²) in [6.45, 7) is 0. The van der Waals surface area contributed by atoms with E-state index in [2.05, 4.69) is 10.3 Å². The van der Waals surface area contributed by atoms with Crippen LogP contribution >= 0.6 is 0 Å². The molecule has 0 saturated carbocycles. The van der Waals surface area contributed by atoms with E-state index in [0.29, 0.717) is 12.0 Å². The van der Waals surface area contributed by atoms with Crippen LogP contribution < -0.4 is 5.73 Å². The summed E-state index contributed by atoms with van der Waals surface area (Å²) in [6, 6.07) is 6.13. The van der Waals surface area contributed by atoms with Gasteiger partial charge in [-0.25, -0.2) is 4.39 Å². The van der Waals surface area contributed by atoms with Gasteiger partial charge in [-0.05, 0) is 6.07 Å². The molecule has 1 atom stereocenters. The molecule has 1 aromatic heterocycles. The van der Waals surface area contributed by atoms with E-state index in [4.69, 9.17) is 5.73 Å². The van der Waals surface area contributed by atoms with Gasteiger partial charge >= 0.3 is 0 Å². The second-order valence-corrected chi connectivity index (χ2v) is 3.72. The highest BCUT2D eigenvalue weighted by Crippen LogP contribution is 2.17. The fourth-order valence-electron chi connectivity index (χ4n) is 1.60. The van der Waals surface area contributed by atoms with Crippen LogP contribution in [0.2, 0.25) is 0 Å². The first-order valence-electron chi connectivity index (χ1n) is 5.02. The Morgan fingerprint density at radius 2 is 2.19 bits per heavy atom. The molecular formula is C11H13FN4. The van der Waals surface area contributed by atoms with Crippen LogP contribution in [0.4, 0.5) is 4.39 Å².